The van der Waals surface area contributed by atoms with Crippen LogP contribution in [0.4, 0.5) is 5.13 Å². The fourth-order valence-corrected chi connectivity index (χ4v) is 11.3. The van der Waals surface area contributed by atoms with Gasteiger partial charge < -0.3 is 19.9 Å². The normalized spacial score (nSPS) is 11.9. The lowest BCUT2D eigenvalue weighted by molar-refractivity contribution is 0.396. The van der Waals surface area contributed by atoms with Gasteiger partial charge in [-0.05, 0) is 93.3 Å². The molecule has 2 N–H and O–H groups in total. The first-order chi connectivity index (χ1) is 29.5. The van der Waals surface area contributed by atoms with Gasteiger partial charge in [0.25, 0.3) is 0 Å². The highest BCUT2D eigenvalue weighted by atomic mass is 32.2. The van der Waals surface area contributed by atoms with Crippen LogP contribution in [-0.2, 0) is 39.5 Å². The van der Waals surface area contributed by atoms with Gasteiger partial charge in [0.1, 0.15) is 22.1 Å². The van der Waals surface area contributed by atoms with Gasteiger partial charge in [0.05, 0.1) is 48.5 Å². The summed E-state index contributed by atoms with van der Waals surface area (Å²) in [6.45, 7) is -0.252. The molecule has 0 amide bonds. The number of nitrogens with two attached hydrogens (primary N) is 1. The molecule has 5 aromatic carbocycles. The number of para-hydroxylation sites is 1. The number of thiazole rings is 1. The van der Waals surface area contributed by atoms with Crippen LogP contribution in [-0.4, -0.2) is 72.6 Å². The standard InChI is InChI=1S/C43H38N8O7S3/c1-56-31-16-10-28(11-17-31)25-50(26-29-12-18-32(57-2)19-13-29)61(54,55)41-37(60(52,53)38-9-4-5-24-45-38)23-22-34(35-7-6-8-36-40(35)46-43(44)59-36)39(41)42-47-48-49-51(42)27-30-14-20-33(58-3)21-15-30/h4-24H,25-27H2,1-3H3,(H2,44,46). The van der Waals surface area contributed by atoms with Gasteiger partial charge in [0.2, 0.25) is 19.9 Å². The van der Waals surface area contributed by atoms with Crippen LogP contribution in [0, 0.1) is 0 Å². The first-order valence-corrected chi connectivity index (χ1v) is 22.4. The van der Waals surface area contributed by atoms with E-state index in [4.69, 9.17) is 19.9 Å². The molecular weight excluding hydrogens is 837 g/mol. The van der Waals surface area contributed by atoms with Gasteiger partial charge in [0, 0.05) is 24.8 Å². The topological polar surface area (TPSA) is 195 Å². The number of hydrogen-bond donors (Lipinski definition) is 1. The Kier molecular flexibility index (Phi) is 11.5. The van der Waals surface area contributed by atoms with E-state index < -0.39 is 29.7 Å². The number of tetrazole rings is 1. The van der Waals surface area contributed by atoms with E-state index in [1.54, 1.807) is 92.0 Å². The average molecular weight is 875 g/mol. The van der Waals surface area contributed by atoms with Gasteiger partial charge in [-0.15, -0.1) is 5.10 Å². The summed E-state index contributed by atoms with van der Waals surface area (Å²) >= 11 is 1.26. The van der Waals surface area contributed by atoms with Gasteiger partial charge in [-0.25, -0.2) is 31.5 Å². The maximum Gasteiger partial charge on any atom is 0.245 e. The largest absolute Gasteiger partial charge is 0.497 e. The summed E-state index contributed by atoms with van der Waals surface area (Å²) < 4.78 is 81.5. The Hall–Kier alpha value is -6.73. The molecular formula is C43H38N8O7S3. The highest BCUT2D eigenvalue weighted by Gasteiger charge is 2.39. The van der Waals surface area contributed by atoms with E-state index in [1.165, 1.54) is 58.9 Å². The molecule has 61 heavy (non-hydrogen) atoms. The van der Waals surface area contributed by atoms with Gasteiger partial charge in [0.15, 0.2) is 16.0 Å². The number of nitrogen functional groups attached to an aromatic ring is 1. The van der Waals surface area contributed by atoms with Crippen molar-refractivity contribution in [3.05, 3.63) is 144 Å². The summed E-state index contributed by atoms with van der Waals surface area (Å²) in [5.74, 6) is 1.77. The predicted octanol–water partition coefficient (Wildman–Crippen LogP) is 6.89. The zero-order valence-electron chi connectivity index (χ0n) is 33.0. The van der Waals surface area contributed by atoms with E-state index >= 15 is 8.42 Å². The van der Waals surface area contributed by atoms with Gasteiger partial charge in [-0.1, -0.05) is 72.0 Å². The number of rotatable bonds is 15. The maximum absolute atomic E-state index is 16.1. The van der Waals surface area contributed by atoms with E-state index in [0.29, 0.717) is 50.2 Å². The number of sulfonamides is 1. The van der Waals surface area contributed by atoms with Crippen molar-refractivity contribution in [2.75, 3.05) is 27.1 Å². The molecule has 0 unspecified atom stereocenters. The van der Waals surface area contributed by atoms with Crippen molar-refractivity contribution < 1.29 is 31.0 Å². The monoisotopic (exact) mass is 874 g/mol. The van der Waals surface area contributed by atoms with Crippen LogP contribution in [0.3, 0.4) is 0 Å². The van der Waals surface area contributed by atoms with Crippen molar-refractivity contribution in [1.29, 1.82) is 0 Å². The van der Waals surface area contributed by atoms with Crippen molar-refractivity contribution in [3.8, 4) is 39.8 Å². The Bertz CT molecular complexity index is 3000. The third-order valence-electron chi connectivity index (χ3n) is 9.93. The molecule has 0 saturated heterocycles. The number of aromatic nitrogens is 6. The number of pyridine rings is 1. The zero-order valence-corrected chi connectivity index (χ0v) is 35.5. The van der Waals surface area contributed by atoms with Crippen LogP contribution >= 0.6 is 11.3 Å². The van der Waals surface area contributed by atoms with E-state index in [2.05, 4.69) is 25.5 Å². The predicted molar refractivity (Wildman–Crippen MR) is 230 cm³/mol. The number of ether oxygens (including phenoxy) is 3. The lowest BCUT2D eigenvalue weighted by Gasteiger charge is -2.26. The molecule has 0 spiro atoms. The number of hydrogen-bond acceptors (Lipinski definition) is 14. The zero-order chi connectivity index (χ0) is 42.7. The first kappa shape index (κ1) is 41.0. The Morgan fingerprint density at radius 3 is 1.87 bits per heavy atom. The van der Waals surface area contributed by atoms with Gasteiger partial charge in [-0.2, -0.15) is 4.31 Å². The molecule has 0 radical (unpaired) electrons. The maximum atomic E-state index is 16.1. The summed E-state index contributed by atoms with van der Waals surface area (Å²) in [5, 5.41) is 12.7. The fraction of sp³-hybridized carbons (Fsp3) is 0.140. The molecule has 15 nitrogen and oxygen atoms in total. The van der Waals surface area contributed by atoms with Crippen molar-refractivity contribution in [2.24, 2.45) is 0 Å². The number of nitrogens with zero attached hydrogens (tertiary/aromatic N) is 7. The molecule has 0 saturated carbocycles. The first-order valence-electron chi connectivity index (χ1n) is 18.6. The molecule has 18 heteroatoms. The van der Waals surface area contributed by atoms with Crippen molar-refractivity contribution in [2.45, 2.75) is 34.5 Å². The molecule has 3 heterocycles. The van der Waals surface area contributed by atoms with E-state index in [1.807, 2.05) is 18.2 Å². The fourth-order valence-electron chi connectivity index (χ4n) is 6.90. The highest BCUT2D eigenvalue weighted by molar-refractivity contribution is 7.93. The second-order valence-corrected chi connectivity index (χ2v) is 18.5. The second kappa shape index (κ2) is 17.1. The molecule has 0 aliphatic carbocycles. The quantitative estimate of drug-likeness (QED) is 0.112. The van der Waals surface area contributed by atoms with Crippen LogP contribution in [0.2, 0.25) is 0 Å². The Morgan fingerprint density at radius 2 is 1.30 bits per heavy atom. The van der Waals surface area contributed by atoms with Crippen LogP contribution < -0.4 is 19.9 Å². The lowest BCUT2D eigenvalue weighted by atomic mass is 9.98. The Labute approximate surface area is 356 Å². The summed E-state index contributed by atoms with van der Waals surface area (Å²) in [6, 6.07) is 33.8. The minimum atomic E-state index is -4.89. The molecule has 3 aromatic heterocycles. The average Bonchev–Trinajstić information content (AvgIpc) is 3.92. The molecule has 0 atom stereocenters. The molecule has 8 aromatic rings. The summed E-state index contributed by atoms with van der Waals surface area (Å²) in [7, 11) is -4.91. The van der Waals surface area contributed by atoms with E-state index in [0.717, 1.165) is 10.3 Å². The van der Waals surface area contributed by atoms with Crippen LogP contribution in [0.25, 0.3) is 32.7 Å². The Balaban J connectivity index is 1.45. The second-order valence-electron chi connectivity index (χ2n) is 13.7. The van der Waals surface area contributed by atoms with Gasteiger partial charge in [-0.3, -0.25) is 0 Å². The van der Waals surface area contributed by atoms with E-state index in [-0.39, 0.29) is 36.0 Å². The van der Waals surface area contributed by atoms with Crippen molar-refractivity contribution in [3.63, 3.8) is 0 Å². The van der Waals surface area contributed by atoms with E-state index in [9.17, 15) is 8.42 Å². The van der Waals surface area contributed by atoms with Crippen molar-refractivity contribution in [1.82, 2.24) is 34.5 Å². The SMILES string of the molecule is COc1ccc(CN(Cc2ccc(OC)cc2)S(=O)(=O)c2c(S(=O)(=O)c3ccccn3)ccc(-c3cccc4sc(N)nc34)c2-c2nnnn2Cc2ccc(OC)cc2)cc1. The highest BCUT2D eigenvalue weighted by Crippen LogP contribution is 2.45. The molecule has 0 aliphatic rings. The molecule has 8 rings (SSSR count). The number of benzene rings is 5. The molecule has 0 bridgehead atoms. The lowest BCUT2D eigenvalue weighted by Crippen LogP contribution is -2.32. The van der Waals surface area contributed by atoms with Crippen molar-refractivity contribution >= 4 is 46.5 Å². The Morgan fingerprint density at radius 1 is 0.689 bits per heavy atom. The third kappa shape index (κ3) is 8.25. The van der Waals surface area contributed by atoms with Gasteiger partial charge >= 0.3 is 0 Å². The minimum absolute atomic E-state index is 0.0171. The molecule has 310 valence electrons. The molecule has 0 aliphatic heterocycles. The number of methoxy groups -OCH3 is 3. The number of sulfone groups is 1. The molecule has 0 fully saturated rings. The van der Waals surface area contributed by atoms with Crippen LogP contribution in [0.15, 0.2) is 142 Å². The minimum Gasteiger partial charge on any atom is -0.497 e. The number of anilines is 1. The summed E-state index contributed by atoms with van der Waals surface area (Å²) in [4.78, 5) is 7.71. The van der Waals surface area contributed by atoms with Crippen LogP contribution in [0.5, 0.6) is 17.2 Å². The summed E-state index contributed by atoms with van der Waals surface area (Å²) in [6.07, 6.45) is 1.33. The summed E-state index contributed by atoms with van der Waals surface area (Å²) in [5.41, 5.74) is 9.40. The third-order valence-corrected chi connectivity index (χ3v) is 14.5. The number of fused-ring (bicyclic) bond motifs is 1. The smallest absolute Gasteiger partial charge is 0.245 e. The van der Waals surface area contributed by atoms with Crippen LogP contribution in [0.1, 0.15) is 16.7 Å².